The van der Waals surface area contributed by atoms with Crippen LogP contribution in [-0.4, -0.2) is 48.9 Å². The van der Waals surface area contributed by atoms with E-state index in [9.17, 15) is 0 Å². The van der Waals surface area contributed by atoms with Crippen LogP contribution < -0.4 is 15.4 Å². The van der Waals surface area contributed by atoms with Crippen LogP contribution in [0, 0.1) is 0 Å². The standard InChI is InChI=1S/C11H18N4O2/c1-8-7-17-9(3-12)6-15(8)10-4-13-5-11(14-10)16-2/h4-5,8-9H,3,6-7,12H2,1-2H3. The molecule has 1 aromatic heterocycles. The Bertz CT molecular complexity index is 374. The Balaban J connectivity index is 2.18. The summed E-state index contributed by atoms with van der Waals surface area (Å²) in [4.78, 5) is 10.6. The molecule has 2 unspecified atom stereocenters. The topological polar surface area (TPSA) is 73.5 Å². The number of nitrogens with zero attached hydrogens (tertiary/aromatic N) is 3. The van der Waals surface area contributed by atoms with E-state index in [0.29, 0.717) is 19.0 Å². The summed E-state index contributed by atoms with van der Waals surface area (Å²) in [6.45, 7) is 3.99. The maximum absolute atomic E-state index is 5.63. The summed E-state index contributed by atoms with van der Waals surface area (Å²) in [5, 5.41) is 0. The maximum atomic E-state index is 5.63. The van der Waals surface area contributed by atoms with Crippen LogP contribution >= 0.6 is 0 Å². The zero-order chi connectivity index (χ0) is 12.3. The van der Waals surface area contributed by atoms with Crippen LogP contribution in [0.2, 0.25) is 0 Å². The predicted octanol–water partition coefficient (Wildman–Crippen LogP) is 0.0376. The second-order valence-electron chi connectivity index (χ2n) is 4.11. The molecule has 17 heavy (non-hydrogen) atoms. The van der Waals surface area contributed by atoms with Crippen molar-refractivity contribution < 1.29 is 9.47 Å². The van der Waals surface area contributed by atoms with Crippen LogP contribution in [0.1, 0.15) is 6.92 Å². The monoisotopic (exact) mass is 238 g/mol. The van der Waals surface area contributed by atoms with Crippen molar-refractivity contribution in [2.24, 2.45) is 5.73 Å². The maximum Gasteiger partial charge on any atom is 0.233 e. The van der Waals surface area contributed by atoms with Gasteiger partial charge < -0.3 is 20.1 Å². The lowest BCUT2D eigenvalue weighted by Crippen LogP contribution is -2.51. The molecule has 1 fully saturated rings. The first-order chi connectivity index (χ1) is 8.24. The van der Waals surface area contributed by atoms with E-state index >= 15 is 0 Å². The van der Waals surface area contributed by atoms with E-state index in [1.165, 1.54) is 0 Å². The van der Waals surface area contributed by atoms with Gasteiger partial charge in [0.25, 0.3) is 0 Å². The molecule has 0 spiro atoms. The number of aromatic nitrogens is 2. The first kappa shape index (κ1) is 12.1. The van der Waals surface area contributed by atoms with Gasteiger partial charge in [-0.1, -0.05) is 0 Å². The van der Waals surface area contributed by atoms with E-state index in [-0.39, 0.29) is 12.1 Å². The normalized spacial score (nSPS) is 24.8. The van der Waals surface area contributed by atoms with Gasteiger partial charge in [0.2, 0.25) is 5.88 Å². The molecule has 0 bridgehead atoms. The van der Waals surface area contributed by atoms with Crippen LogP contribution in [0.3, 0.4) is 0 Å². The van der Waals surface area contributed by atoms with Gasteiger partial charge in [0.1, 0.15) is 0 Å². The number of ether oxygens (including phenoxy) is 2. The largest absolute Gasteiger partial charge is 0.480 e. The van der Waals surface area contributed by atoms with E-state index in [4.69, 9.17) is 15.2 Å². The minimum Gasteiger partial charge on any atom is -0.480 e. The fraction of sp³-hybridized carbons (Fsp3) is 0.636. The van der Waals surface area contributed by atoms with Gasteiger partial charge in [-0.2, -0.15) is 4.98 Å². The first-order valence-corrected chi connectivity index (χ1v) is 5.69. The van der Waals surface area contributed by atoms with Crippen molar-refractivity contribution in [1.82, 2.24) is 9.97 Å². The van der Waals surface area contributed by atoms with E-state index in [1.54, 1.807) is 19.5 Å². The molecule has 6 nitrogen and oxygen atoms in total. The third-order valence-electron chi connectivity index (χ3n) is 2.87. The number of anilines is 1. The fourth-order valence-electron chi connectivity index (χ4n) is 1.85. The summed E-state index contributed by atoms with van der Waals surface area (Å²) in [7, 11) is 1.58. The van der Waals surface area contributed by atoms with Crippen LogP contribution in [0.5, 0.6) is 5.88 Å². The molecule has 1 aliphatic rings. The van der Waals surface area contributed by atoms with E-state index in [0.717, 1.165) is 12.4 Å². The zero-order valence-electron chi connectivity index (χ0n) is 10.2. The number of hydrogen-bond donors (Lipinski definition) is 1. The Morgan fingerprint density at radius 1 is 1.59 bits per heavy atom. The third-order valence-corrected chi connectivity index (χ3v) is 2.87. The van der Waals surface area contributed by atoms with Crippen molar-refractivity contribution in [1.29, 1.82) is 0 Å². The fourth-order valence-corrected chi connectivity index (χ4v) is 1.85. The Labute approximate surface area is 101 Å². The van der Waals surface area contributed by atoms with Gasteiger partial charge in [-0.25, -0.2) is 0 Å². The van der Waals surface area contributed by atoms with Crippen molar-refractivity contribution in [3.63, 3.8) is 0 Å². The second kappa shape index (κ2) is 5.29. The lowest BCUT2D eigenvalue weighted by molar-refractivity contribution is 0.0279. The SMILES string of the molecule is COc1cncc(N2CC(CN)OCC2C)n1. The average molecular weight is 238 g/mol. The highest BCUT2D eigenvalue weighted by Gasteiger charge is 2.26. The smallest absolute Gasteiger partial charge is 0.233 e. The number of rotatable bonds is 3. The Morgan fingerprint density at radius 3 is 3.12 bits per heavy atom. The van der Waals surface area contributed by atoms with Crippen molar-refractivity contribution >= 4 is 5.82 Å². The lowest BCUT2D eigenvalue weighted by Gasteiger charge is -2.38. The molecular weight excluding hydrogens is 220 g/mol. The Kier molecular flexibility index (Phi) is 3.75. The van der Waals surface area contributed by atoms with Crippen molar-refractivity contribution in [3.8, 4) is 5.88 Å². The highest BCUT2D eigenvalue weighted by molar-refractivity contribution is 5.39. The molecule has 2 heterocycles. The molecule has 0 aromatic carbocycles. The van der Waals surface area contributed by atoms with E-state index < -0.39 is 0 Å². The molecular formula is C11H18N4O2. The summed E-state index contributed by atoms with van der Waals surface area (Å²) in [5.74, 6) is 1.32. The van der Waals surface area contributed by atoms with Crippen LogP contribution in [-0.2, 0) is 4.74 Å². The molecule has 2 N–H and O–H groups in total. The first-order valence-electron chi connectivity index (χ1n) is 5.69. The summed E-state index contributed by atoms with van der Waals surface area (Å²) < 4.78 is 10.7. The molecule has 1 aliphatic heterocycles. The van der Waals surface area contributed by atoms with Gasteiger partial charge in [-0.05, 0) is 6.92 Å². The molecule has 6 heteroatoms. The van der Waals surface area contributed by atoms with E-state index in [2.05, 4.69) is 21.8 Å². The van der Waals surface area contributed by atoms with Crippen LogP contribution in [0.4, 0.5) is 5.82 Å². The summed E-state index contributed by atoms with van der Waals surface area (Å²) in [6.07, 6.45) is 3.38. The van der Waals surface area contributed by atoms with Crippen LogP contribution in [0.25, 0.3) is 0 Å². The van der Waals surface area contributed by atoms with E-state index in [1.807, 2.05) is 0 Å². The highest BCUT2D eigenvalue weighted by atomic mass is 16.5. The van der Waals surface area contributed by atoms with Gasteiger partial charge in [0, 0.05) is 13.1 Å². The number of nitrogens with two attached hydrogens (primary N) is 1. The quantitative estimate of drug-likeness (QED) is 0.801. The molecule has 2 rings (SSSR count). The van der Waals surface area contributed by atoms with Gasteiger partial charge in [-0.15, -0.1) is 0 Å². The average Bonchev–Trinajstić information content (AvgIpc) is 2.39. The zero-order valence-corrected chi connectivity index (χ0v) is 10.2. The summed E-state index contributed by atoms with van der Waals surface area (Å²) in [5.41, 5.74) is 5.63. The van der Waals surface area contributed by atoms with Crippen molar-refractivity contribution in [2.45, 2.75) is 19.1 Å². The Hall–Kier alpha value is -1.40. The van der Waals surface area contributed by atoms with Gasteiger partial charge in [0.15, 0.2) is 5.82 Å². The van der Waals surface area contributed by atoms with Gasteiger partial charge >= 0.3 is 0 Å². The number of morpholine rings is 1. The van der Waals surface area contributed by atoms with Gasteiger partial charge in [-0.3, -0.25) is 4.98 Å². The minimum absolute atomic E-state index is 0.0548. The number of hydrogen-bond acceptors (Lipinski definition) is 6. The highest BCUT2D eigenvalue weighted by Crippen LogP contribution is 2.20. The summed E-state index contributed by atoms with van der Waals surface area (Å²) in [6, 6.07) is 0.263. The molecule has 94 valence electrons. The molecule has 2 atom stereocenters. The lowest BCUT2D eigenvalue weighted by atomic mass is 10.2. The second-order valence-corrected chi connectivity index (χ2v) is 4.11. The van der Waals surface area contributed by atoms with Crippen molar-refractivity contribution in [3.05, 3.63) is 12.4 Å². The molecule has 0 amide bonds. The molecule has 1 saturated heterocycles. The molecule has 1 aromatic rings. The molecule has 0 saturated carbocycles. The number of methoxy groups -OCH3 is 1. The predicted molar refractivity (Wildman–Crippen MR) is 64.2 cm³/mol. The van der Waals surface area contributed by atoms with Crippen molar-refractivity contribution in [2.75, 3.05) is 31.7 Å². The molecule has 0 aliphatic carbocycles. The summed E-state index contributed by atoms with van der Waals surface area (Å²) >= 11 is 0. The third kappa shape index (κ3) is 2.65. The van der Waals surface area contributed by atoms with Crippen LogP contribution in [0.15, 0.2) is 12.4 Å². The van der Waals surface area contributed by atoms with Gasteiger partial charge in [0.05, 0.1) is 38.3 Å². The molecule has 0 radical (unpaired) electrons. The minimum atomic E-state index is 0.0548. The Morgan fingerprint density at radius 2 is 2.41 bits per heavy atom.